The Hall–Kier alpha value is -3.59. The number of rotatable bonds is 9. The summed E-state index contributed by atoms with van der Waals surface area (Å²) in [6, 6.07) is 17.4. The molecule has 0 bridgehead atoms. The molecule has 0 saturated carbocycles. The summed E-state index contributed by atoms with van der Waals surface area (Å²) in [6.07, 6.45) is -0.504. The second-order valence-corrected chi connectivity index (χ2v) is 7.13. The van der Waals surface area contributed by atoms with Crippen LogP contribution in [0.25, 0.3) is 0 Å². The average molecular weight is 423 g/mol. The number of aromatic nitrogens is 4. The van der Waals surface area contributed by atoms with Crippen LogP contribution in [0.5, 0.6) is 0 Å². The molecule has 1 heterocycles. The van der Waals surface area contributed by atoms with Crippen molar-refractivity contribution in [2.75, 3.05) is 0 Å². The number of ether oxygens (including phenoxy) is 2. The van der Waals surface area contributed by atoms with Gasteiger partial charge < -0.3 is 15.2 Å². The van der Waals surface area contributed by atoms with Gasteiger partial charge in [0.05, 0.1) is 6.04 Å². The van der Waals surface area contributed by atoms with Crippen molar-refractivity contribution >= 4 is 11.9 Å². The Kier molecular flexibility index (Phi) is 7.45. The monoisotopic (exact) mass is 423 g/mol. The standard InChI is InChI=1S/C22H25N5O4/c1-15(22(29)30-14-18-11-7-4-8-12-18)27-21(24-25-26-27)20(31-16(2)28)19(23)13-17-9-5-3-6-10-17/h3-12,15,19-20H,13-14,23H2,1-2H3/t15-,19-,20-/m0/s1. The van der Waals surface area contributed by atoms with Crippen molar-refractivity contribution in [3.8, 4) is 0 Å². The third-order valence-corrected chi connectivity index (χ3v) is 4.70. The summed E-state index contributed by atoms with van der Waals surface area (Å²) in [6.45, 7) is 3.02. The van der Waals surface area contributed by atoms with Crippen molar-refractivity contribution in [1.82, 2.24) is 20.2 Å². The van der Waals surface area contributed by atoms with Crippen LogP contribution in [0.3, 0.4) is 0 Å². The lowest BCUT2D eigenvalue weighted by Crippen LogP contribution is -2.36. The molecule has 0 unspecified atom stereocenters. The zero-order chi connectivity index (χ0) is 22.2. The number of benzene rings is 2. The van der Waals surface area contributed by atoms with E-state index < -0.39 is 30.1 Å². The zero-order valence-corrected chi connectivity index (χ0v) is 17.4. The number of hydrogen-bond donors (Lipinski definition) is 1. The van der Waals surface area contributed by atoms with Crippen LogP contribution >= 0.6 is 0 Å². The van der Waals surface area contributed by atoms with Crippen molar-refractivity contribution in [3.05, 3.63) is 77.6 Å². The summed E-state index contributed by atoms with van der Waals surface area (Å²) in [4.78, 5) is 24.3. The van der Waals surface area contributed by atoms with E-state index in [2.05, 4.69) is 15.5 Å². The minimum atomic E-state index is -0.933. The molecule has 0 saturated heterocycles. The lowest BCUT2D eigenvalue weighted by atomic mass is 10.0. The maximum Gasteiger partial charge on any atom is 0.331 e. The largest absolute Gasteiger partial charge is 0.459 e. The van der Waals surface area contributed by atoms with Crippen LogP contribution in [0.15, 0.2) is 60.7 Å². The minimum Gasteiger partial charge on any atom is -0.459 e. The van der Waals surface area contributed by atoms with Gasteiger partial charge in [0.25, 0.3) is 0 Å². The third-order valence-electron chi connectivity index (χ3n) is 4.70. The van der Waals surface area contributed by atoms with Crippen LogP contribution in [0.4, 0.5) is 0 Å². The van der Waals surface area contributed by atoms with Crippen LogP contribution in [-0.4, -0.2) is 38.2 Å². The van der Waals surface area contributed by atoms with Gasteiger partial charge in [0, 0.05) is 6.92 Å². The molecule has 31 heavy (non-hydrogen) atoms. The van der Waals surface area contributed by atoms with Gasteiger partial charge in [0.2, 0.25) is 0 Å². The maximum absolute atomic E-state index is 12.6. The Bertz CT molecular complexity index is 993. The SMILES string of the molecule is CC(=O)O[C@H](c1nnnn1[C@@H](C)C(=O)OCc1ccccc1)[C@@H](N)Cc1ccccc1. The highest BCUT2D eigenvalue weighted by molar-refractivity contribution is 5.73. The molecular formula is C22H25N5O4. The zero-order valence-electron chi connectivity index (χ0n) is 17.4. The molecule has 1 aromatic heterocycles. The summed E-state index contributed by atoms with van der Waals surface area (Å²) >= 11 is 0. The van der Waals surface area contributed by atoms with Gasteiger partial charge in [-0.1, -0.05) is 60.7 Å². The van der Waals surface area contributed by atoms with Gasteiger partial charge in [0.1, 0.15) is 6.61 Å². The molecule has 2 aromatic carbocycles. The molecule has 2 N–H and O–H groups in total. The summed E-state index contributed by atoms with van der Waals surface area (Å²) in [5.74, 6) is -0.860. The Labute approximate surface area is 180 Å². The molecule has 162 valence electrons. The van der Waals surface area contributed by atoms with Crippen LogP contribution in [0.2, 0.25) is 0 Å². The Balaban J connectivity index is 1.76. The lowest BCUT2D eigenvalue weighted by molar-refractivity contribution is -0.149. The van der Waals surface area contributed by atoms with E-state index in [1.807, 2.05) is 60.7 Å². The van der Waals surface area contributed by atoms with Gasteiger partial charge in [0.15, 0.2) is 18.0 Å². The molecular weight excluding hydrogens is 398 g/mol. The van der Waals surface area contributed by atoms with E-state index in [0.717, 1.165) is 11.1 Å². The molecule has 0 aliphatic rings. The number of nitrogens with zero attached hydrogens (tertiary/aromatic N) is 4. The van der Waals surface area contributed by atoms with Gasteiger partial charge >= 0.3 is 11.9 Å². The first kappa shape index (κ1) is 22.1. The Morgan fingerprint density at radius 1 is 1.03 bits per heavy atom. The van der Waals surface area contributed by atoms with Crippen molar-refractivity contribution in [2.45, 2.75) is 45.1 Å². The van der Waals surface area contributed by atoms with Gasteiger partial charge in [-0.3, -0.25) is 4.79 Å². The van der Waals surface area contributed by atoms with Gasteiger partial charge in [-0.2, -0.15) is 0 Å². The van der Waals surface area contributed by atoms with Crippen molar-refractivity contribution in [3.63, 3.8) is 0 Å². The maximum atomic E-state index is 12.6. The quantitative estimate of drug-likeness (QED) is 0.520. The smallest absolute Gasteiger partial charge is 0.331 e. The highest BCUT2D eigenvalue weighted by atomic mass is 16.5. The fourth-order valence-electron chi connectivity index (χ4n) is 3.12. The number of nitrogens with two attached hydrogens (primary N) is 1. The van der Waals surface area contributed by atoms with E-state index in [-0.39, 0.29) is 12.4 Å². The Morgan fingerprint density at radius 3 is 2.26 bits per heavy atom. The van der Waals surface area contributed by atoms with Crippen LogP contribution < -0.4 is 5.73 Å². The molecule has 0 amide bonds. The predicted molar refractivity (Wildman–Crippen MR) is 111 cm³/mol. The van der Waals surface area contributed by atoms with E-state index in [0.29, 0.717) is 6.42 Å². The van der Waals surface area contributed by atoms with E-state index in [4.69, 9.17) is 15.2 Å². The van der Waals surface area contributed by atoms with E-state index >= 15 is 0 Å². The average Bonchev–Trinajstić information content (AvgIpc) is 3.26. The Morgan fingerprint density at radius 2 is 1.65 bits per heavy atom. The van der Waals surface area contributed by atoms with E-state index in [9.17, 15) is 9.59 Å². The first-order valence-electron chi connectivity index (χ1n) is 9.90. The van der Waals surface area contributed by atoms with Crippen LogP contribution in [0.1, 0.15) is 42.9 Å². The van der Waals surface area contributed by atoms with E-state index in [1.165, 1.54) is 11.6 Å². The number of hydrogen-bond acceptors (Lipinski definition) is 8. The van der Waals surface area contributed by atoms with Gasteiger partial charge in [-0.25, -0.2) is 9.48 Å². The number of esters is 2. The van der Waals surface area contributed by atoms with Crippen LogP contribution in [0, 0.1) is 0 Å². The second kappa shape index (κ2) is 10.4. The van der Waals surface area contributed by atoms with Gasteiger partial charge in [-0.05, 0) is 34.9 Å². The van der Waals surface area contributed by atoms with E-state index in [1.54, 1.807) is 6.92 Å². The number of carbonyl (C=O) groups excluding carboxylic acids is 2. The molecule has 9 heteroatoms. The fourth-order valence-corrected chi connectivity index (χ4v) is 3.12. The van der Waals surface area contributed by atoms with Crippen molar-refractivity contribution in [2.24, 2.45) is 5.73 Å². The molecule has 0 spiro atoms. The second-order valence-electron chi connectivity index (χ2n) is 7.13. The normalized spacial score (nSPS) is 13.8. The summed E-state index contributed by atoms with van der Waals surface area (Å²) in [7, 11) is 0. The highest BCUT2D eigenvalue weighted by Gasteiger charge is 2.32. The molecule has 3 atom stereocenters. The number of tetrazole rings is 1. The minimum absolute atomic E-state index is 0.127. The van der Waals surface area contributed by atoms with Crippen molar-refractivity contribution < 1.29 is 19.1 Å². The van der Waals surface area contributed by atoms with Crippen molar-refractivity contribution in [1.29, 1.82) is 0 Å². The molecule has 0 radical (unpaired) electrons. The highest BCUT2D eigenvalue weighted by Crippen LogP contribution is 2.23. The first-order chi connectivity index (χ1) is 15.0. The summed E-state index contributed by atoms with van der Waals surface area (Å²) < 4.78 is 12.1. The molecule has 9 nitrogen and oxygen atoms in total. The topological polar surface area (TPSA) is 122 Å². The summed E-state index contributed by atoms with van der Waals surface area (Å²) in [5.41, 5.74) is 8.20. The molecule has 0 aliphatic heterocycles. The molecule has 0 aliphatic carbocycles. The first-order valence-corrected chi connectivity index (χ1v) is 9.90. The van der Waals surface area contributed by atoms with Gasteiger partial charge in [-0.15, -0.1) is 5.10 Å². The number of carbonyl (C=O) groups is 2. The van der Waals surface area contributed by atoms with Crippen LogP contribution in [-0.2, 0) is 32.1 Å². The molecule has 3 rings (SSSR count). The third kappa shape index (κ3) is 5.95. The summed E-state index contributed by atoms with van der Waals surface area (Å²) in [5, 5.41) is 11.6. The lowest BCUT2D eigenvalue weighted by Gasteiger charge is -2.24. The fraction of sp³-hybridized carbons (Fsp3) is 0.318. The molecule has 3 aromatic rings. The predicted octanol–water partition coefficient (Wildman–Crippen LogP) is 2.15. The molecule has 0 fully saturated rings.